The molecule has 31 heavy (non-hydrogen) atoms. The number of nitrogens with one attached hydrogen (secondary N) is 1. The van der Waals surface area contributed by atoms with Crippen LogP contribution >= 0.6 is 11.6 Å². The molecule has 0 radical (unpaired) electrons. The van der Waals surface area contributed by atoms with Crippen molar-refractivity contribution in [2.45, 2.75) is 31.1 Å². The Kier molecular flexibility index (Phi) is 8.32. The maximum absolute atomic E-state index is 13.2. The monoisotopic (exact) mass is 470 g/mol. The predicted molar refractivity (Wildman–Crippen MR) is 119 cm³/mol. The maximum atomic E-state index is 13.2. The third-order valence-electron chi connectivity index (χ3n) is 5.83. The summed E-state index contributed by atoms with van der Waals surface area (Å²) >= 11 is 5.88. The van der Waals surface area contributed by atoms with Gasteiger partial charge in [-0.1, -0.05) is 11.6 Å². The first-order valence-corrected chi connectivity index (χ1v) is 12.7. The molecule has 1 atom stereocenters. The van der Waals surface area contributed by atoms with Gasteiger partial charge in [-0.25, -0.2) is 8.42 Å². The number of piperidine rings is 1. The van der Waals surface area contributed by atoms with E-state index in [1.165, 1.54) is 16.4 Å². The van der Waals surface area contributed by atoms with E-state index in [0.29, 0.717) is 57.1 Å². The average Bonchev–Trinajstić information content (AvgIpc) is 2.99. The Labute approximate surface area is 189 Å². The molecule has 1 aromatic rings. The van der Waals surface area contributed by atoms with Crippen molar-refractivity contribution in [3.05, 3.63) is 29.3 Å². The van der Waals surface area contributed by atoms with Crippen LogP contribution in [0.4, 0.5) is 0 Å². The summed E-state index contributed by atoms with van der Waals surface area (Å²) in [6.07, 6.45) is 2.13. The summed E-state index contributed by atoms with van der Waals surface area (Å²) < 4.78 is 27.4. The van der Waals surface area contributed by atoms with Crippen LogP contribution in [0, 0.1) is 5.92 Å². The number of benzene rings is 1. The summed E-state index contributed by atoms with van der Waals surface area (Å²) in [5.41, 5.74) is 0. The number of carbonyl (C=O) groups is 2. The quantitative estimate of drug-likeness (QED) is 0.679. The Bertz CT molecular complexity index is 878. The number of hydrogen-bond acceptors (Lipinski definition) is 5. The zero-order valence-corrected chi connectivity index (χ0v) is 19.5. The fraction of sp³-hybridized carbons (Fsp3) is 0.619. The van der Waals surface area contributed by atoms with Crippen LogP contribution < -0.4 is 5.32 Å². The number of nitrogens with zero attached hydrogens (tertiary/aromatic N) is 3. The van der Waals surface area contributed by atoms with Crippen LogP contribution in [0.1, 0.15) is 26.2 Å². The zero-order valence-electron chi connectivity index (χ0n) is 17.9. The molecule has 1 N–H and O–H groups in total. The van der Waals surface area contributed by atoms with E-state index in [0.717, 1.165) is 13.0 Å². The van der Waals surface area contributed by atoms with Crippen molar-refractivity contribution in [2.24, 2.45) is 5.92 Å². The third-order valence-corrected chi connectivity index (χ3v) is 7.96. The second kappa shape index (κ2) is 10.8. The highest BCUT2D eigenvalue weighted by atomic mass is 35.5. The molecule has 1 aromatic carbocycles. The van der Waals surface area contributed by atoms with E-state index in [-0.39, 0.29) is 29.2 Å². The van der Waals surface area contributed by atoms with Gasteiger partial charge in [0.15, 0.2) is 0 Å². The van der Waals surface area contributed by atoms with Crippen LogP contribution in [-0.2, 0) is 19.6 Å². The van der Waals surface area contributed by atoms with Crippen LogP contribution in [0.3, 0.4) is 0 Å². The molecule has 0 bridgehead atoms. The summed E-state index contributed by atoms with van der Waals surface area (Å²) in [4.78, 5) is 29.1. The number of carbonyl (C=O) groups excluding carboxylic acids is 2. The highest BCUT2D eigenvalue weighted by Gasteiger charge is 2.35. The summed E-state index contributed by atoms with van der Waals surface area (Å²) in [7, 11) is -3.66. The standard InChI is InChI=1S/C21H31ClN4O4S/c1-2-23-20(27)16-24-10-4-11-25(14-13-24)21(28)17-5-3-12-26(15-17)31(29,30)19-8-6-18(22)7-9-19/h6-9,17H,2-5,10-16H2,1H3,(H,23,27). The van der Waals surface area contributed by atoms with Crippen molar-refractivity contribution in [1.82, 2.24) is 19.4 Å². The Morgan fingerprint density at radius 3 is 2.52 bits per heavy atom. The Morgan fingerprint density at radius 2 is 1.81 bits per heavy atom. The van der Waals surface area contributed by atoms with Gasteiger partial charge >= 0.3 is 0 Å². The molecule has 10 heteroatoms. The van der Waals surface area contributed by atoms with Gasteiger partial charge in [-0.2, -0.15) is 4.31 Å². The minimum atomic E-state index is -3.66. The van der Waals surface area contributed by atoms with Gasteiger partial charge in [0.25, 0.3) is 0 Å². The second-order valence-corrected chi connectivity index (χ2v) is 10.4. The molecule has 3 rings (SSSR count). The molecular formula is C21H31ClN4O4S. The van der Waals surface area contributed by atoms with Gasteiger partial charge in [-0.05, 0) is 50.5 Å². The number of rotatable bonds is 6. The second-order valence-electron chi connectivity index (χ2n) is 8.06. The van der Waals surface area contributed by atoms with Crippen molar-refractivity contribution >= 4 is 33.4 Å². The maximum Gasteiger partial charge on any atom is 0.243 e. The lowest BCUT2D eigenvalue weighted by Gasteiger charge is -2.34. The fourth-order valence-corrected chi connectivity index (χ4v) is 5.83. The van der Waals surface area contributed by atoms with Gasteiger partial charge in [0.05, 0.1) is 17.4 Å². The molecule has 0 aromatic heterocycles. The SMILES string of the molecule is CCNC(=O)CN1CCCN(C(=O)C2CCCN(S(=O)(=O)c3ccc(Cl)cc3)C2)CC1. The van der Waals surface area contributed by atoms with E-state index in [1.807, 2.05) is 11.8 Å². The van der Waals surface area contributed by atoms with Crippen molar-refractivity contribution < 1.29 is 18.0 Å². The molecule has 2 saturated heterocycles. The lowest BCUT2D eigenvalue weighted by atomic mass is 9.98. The number of sulfonamides is 1. The van der Waals surface area contributed by atoms with Gasteiger partial charge in [-0.3, -0.25) is 14.5 Å². The first kappa shape index (κ1) is 24.0. The molecule has 1 unspecified atom stereocenters. The minimum absolute atomic E-state index is 0.00222. The van der Waals surface area contributed by atoms with E-state index in [2.05, 4.69) is 10.2 Å². The van der Waals surface area contributed by atoms with Crippen LogP contribution in [0.15, 0.2) is 29.2 Å². The summed E-state index contributed by atoms with van der Waals surface area (Å²) in [5.74, 6) is -0.334. The van der Waals surface area contributed by atoms with Gasteiger partial charge in [0, 0.05) is 50.8 Å². The summed E-state index contributed by atoms with van der Waals surface area (Å²) in [6.45, 7) is 6.04. The lowest BCUT2D eigenvalue weighted by Crippen LogP contribution is -2.47. The Hall–Kier alpha value is -1.68. The molecule has 2 heterocycles. The van der Waals surface area contributed by atoms with Gasteiger partial charge < -0.3 is 10.2 Å². The molecule has 2 aliphatic rings. The number of hydrogen-bond donors (Lipinski definition) is 1. The first-order chi connectivity index (χ1) is 14.8. The number of halogens is 1. The largest absolute Gasteiger partial charge is 0.355 e. The molecule has 0 spiro atoms. The highest BCUT2D eigenvalue weighted by molar-refractivity contribution is 7.89. The van der Waals surface area contributed by atoms with Crippen LogP contribution in [0.2, 0.25) is 5.02 Å². The van der Waals surface area contributed by atoms with Gasteiger partial charge in [0.1, 0.15) is 0 Å². The van der Waals surface area contributed by atoms with Crippen molar-refractivity contribution in [1.29, 1.82) is 0 Å². The minimum Gasteiger partial charge on any atom is -0.355 e. The topological polar surface area (TPSA) is 90.0 Å². The molecular weight excluding hydrogens is 440 g/mol. The highest BCUT2D eigenvalue weighted by Crippen LogP contribution is 2.26. The van der Waals surface area contributed by atoms with Crippen LogP contribution in [-0.4, -0.2) is 86.7 Å². The molecule has 8 nitrogen and oxygen atoms in total. The fourth-order valence-electron chi connectivity index (χ4n) is 4.18. The molecule has 2 amide bonds. The first-order valence-electron chi connectivity index (χ1n) is 10.8. The van der Waals surface area contributed by atoms with E-state index in [9.17, 15) is 18.0 Å². The summed E-state index contributed by atoms with van der Waals surface area (Å²) in [5, 5.41) is 3.28. The van der Waals surface area contributed by atoms with E-state index < -0.39 is 10.0 Å². The third kappa shape index (κ3) is 6.19. The van der Waals surface area contributed by atoms with E-state index in [4.69, 9.17) is 11.6 Å². The molecule has 2 aliphatic heterocycles. The molecule has 0 saturated carbocycles. The lowest BCUT2D eigenvalue weighted by molar-refractivity contribution is -0.136. The normalized spacial score (nSPS) is 21.5. The van der Waals surface area contributed by atoms with Crippen molar-refractivity contribution in [3.8, 4) is 0 Å². The zero-order chi connectivity index (χ0) is 22.4. The van der Waals surface area contributed by atoms with Gasteiger partial charge in [0.2, 0.25) is 21.8 Å². The van der Waals surface area contributed by atoms with Crippen LogP contribution in [0.25, 0.3) is 0 Å². The van der Waals surface area contributed by atoms with Crippen LogP contribution in [0.5, 0.6) is 0 Å². The van der Waals surface area contributed by atoms with Gasteiger partial charge in [-0.15, -0.1) is 0 Å². The van der Waals surface area contributed by atoms with Crippen molar-refractivity contribution in [2.75, 3.05) is 52.4 Å². The number of likely N-dealkylation sites (N-methyl/N-ethyl adjacent to an activating group) is 1. The van der Waals surface area contributed by atoms with Crippen molar-refractivity contribution in [3.63, 3.8) is 0 Å². The Morgan fingerprint density at radius 1 is 1.06 bits per heavy atom. The smallest absolute Gasteiger partial charge is 0.243 e. The molecule has 2 fully saturated rings. The number of amides is 2. The van der Waals surface area contributed by atoms with E-state index in [1.54, 1.807) is 12.1 Å². The molecule has 172 valence electrons. The Balaban J connectivity index is 1.60. The summed E-state index contributed by atoms with van der Waals surface area (Å²) in [6, 6.07) is 6.12. The van der Waals surface area contributed by atoms with E-state index >= 15 is 0 Å². The predicted octanol–water partition coefficient (Wildman–Crippen LogP) is 1.41. The average molecular weight is 471 g/mol. The molecule has 0 aliphatic carbocycles.